The second-order valence-corrected chi connectivity index (χ2v) is 4.53. The molecule has 1 N–H and O–H groups in total. The number of esters is 1. The Morgan fingerprint density at radius 2 is 2.11 bits per heavy atom. The molecule has 0 spiro atoms. The minimum Gasteiger partial charge on any atom is -0.493 e. The highest BCUT2D eigenvalue weighted by Gasteiger charge is 2.36. The second kappa shape index (κ2) is 5.48. The van der Waals surface area contributed by atoms with E-state index in [2.05, 4.69) is 12.2 Å². The van der Waals surface area contributed by atoms with E-state index in [4.69, 9.17) is 14.2 Å². The minimum atomic E-state index is -0.419. The van der Waals surface area contributed by atoms with Crippen LogP contribution in [0.2, 0.25) is 0 Å². The molecule has 5 heteroatoms. The number of methoxy groups -OCH3 is 2. The molecule has 104 valence electrons. The van der Waals surface area contributed by atoms with Gasteiger partial charge in [-0.1, -0.05) is 6.92 Å². The van der Waals surface area contributed by atoms with Crippen LogP contribution in [-0.4, -0.2) is 26.2 Å². The number of hydrogen-bond donors (Lipinski definition) is 1. The van der Waals surface area contributed by atoms with Crippen molar-refractivity contribution in [3.8, 4) is 11.5 Å². The molecule has 0 amide bonds. The summed E-state index contributed by atoms with van der Waals surface area (Å²) in [4.78, 5) is 12.0. The number of nitrogens with one attached hydrogen (secondary N) is 1. The third-order valence-electron chi connectivity index (χ3n) is 3.34. The molecule has 2 atom stereocenters. The number of benzene rings is 1. The van der Waals surface area contributed by atoms with Gasteiger partial charge in [0.15, 0.2) is 17.7 Å². The van der Waals surface area contributed by atoms with Gasteiger partial charge in [-0.3, -0.25) is 5.32 Å². The molecule has 0 unspecified atom stereocenters. The normalized spacial score (nSPS) is 18.7. The van der Waals surface area contributed by atoms with Gasteiger partial charge < -0.3 is 14.2 Å². The lowest BCUT2D eigenvalue weighted by Crippen LogP contribution is -2.29. The van der Waals surface area contributed by atoms with Gasteiger partial charge in [-0.05, 0) is 25.5 Å². The van der Waals surface area contributed by atoms with Gasteiger partial charge in [-0.2, -0.15) is 0 Å². The van der Waals surface area contributed by atoms with E-state index >= 15 is 0 Å². The van der Waals surface area contributed by atoms with Crippen molar-refractivity contribution in [2.45, 2.75) is 32.5 Å². The van der Waals surface area contributed by atoms with Crippen LogP contribution in [0.25, 0.3) is 0 Å². The number of carbonyl (C=O) groups excluding carboxylic acids is 1. The van der Waals surface area contributed by atoms with E-state index in [1.165, 1.54) is 7.11 Å². The van der Waals surface area contributed by atoms with E-state index < -0.39 is 6.23 Å². The maximum atomic E-state index is 12.0. The maximum absolute atomic E-state index is 12.0. The first-order valence-electron chi connectivity index (χ1n) is 6.34. The molecular formula is C14H19NO4. The molecule has 0 aromatic heterocycles. The molecule has 0 saturated carbocycles. The van der Waals surface area contributed by atoms with Crippen molar-refractivity contribution < 1.29 is 19.0 Å². The quantitative estimate of drug-likeness (QED) is 0.828. The van der Waals surface area contributed by atoms with Gasteiger partial charge in [0.2, 0.25) is 0 Å². The van der Waals surface area contributed by atoms with E-state index in [9.17, 15) is 4.79 Å². The Hall–Kier alpha value is -1.75. The fourth-order valence-electron chi connectivity index (χ4n) is 2.10. The van der Waals surface area contributed by atoms with Crippen LogP contribution in [0.4, 0.5) is 0 Å². The number of cyclic esters (lactones) is 1. The molecule has 0 radical (unpaired) electrons. The molecule has 0 bridgehead atoms. The first kappa shape index (κ1) is 13.7. The van der Waals surface area contributed by atoms with Crippen LogP contribution in [0.5, 0.6) is 11.5 Å². The molecule has 1 aromatic carbocycles. The highest BCUT2D eigenvalue weighted by molar-refractivity contribution is 5.98. The lowest BCUT2D eigenvalue weighted by molar-refractivity contribution is 0.0280. The summed E-state index contributed by atoms with van der Waals surface area (Å²) in [7, 11) is 3.06. The fraction of sp³-hybridized carbons (Fsp3) is 0.500. The summed E-state index contributed by atoms with van der Waals surface area (Å²) >= 11 is 0. The van der Waals surface area contributed by atoms with Gasteiger partial charge in [0, 0.05) is 11.6 Å². The van der Waals surface area contributed by atoms with E-state index in [0.29, 0.717) is 17.1 Å². The van der Waals surface area contributed by atoms with Crippen molar-refractivity contribution >= 4 is 5.97 Å². The Bertz CT molecular complexity index is 487. The van der Waals surface area contributed by atoms with Gasteiger partial charge in [0.05, 0.1) is 14.2 Å². The highest BCUT2D eigenvalue weighted by atomic mass is 16.6. The number of hydrogen-bond acceptors (Lipinski definition) is 5. The van der Waals surface area contributed by atoms with Crippen molar-refractivity contribution in [2.75, 3.05) is 14.2 Å². The van der Waals surface area contributed by atoms with Crippen molar-refractivity contribution in [2.24, 2.45) is 0 Å². The molecule has 1 aromatic rings. The van der Waals surface area contributed by atoms with Crippen molar-refractivity contribution in [3.63, 3.8) is 0 Å². The summed E-state index contributed by atoms with van der Waals surface area (Å²) in [5.41, 5.74) is 1.24. The first-order valence-corrected chi connectivity index (χ1v) is 6.34. The SMILES string of the molecule is CC[C@H](C)N[C@@H]1OC(=O)c2c1ccc(OC)c2OC. The molecule has 5 nitrogen and oxygen atoms in total. The molecule has 0 saturated heterocycles. The smallest absolute Gasteiger partial charge is 0.344 e. The van der Waals surface area contributed by atoms with Crippen LogP contribution in [0.3, 0.4) is 0 Å². The number of rotatable bonds is 5. The molecule has 2 rings (SSSR count). The second-order valence-electron chi connectivity index (χ2n) is 4.53. The van der Waals surface area contributed by atoms with Gasteiger partial charge in [-0.25, -0.2) is 4.79 Å². The Kier molecular flexibility index (Phi) is 3.95. The Morgan fingerprint density at radius 1 is 1.37 bits per heavy atom. The Morgan fingerprint density at radius 3 is 2.68 bits per heavy atom. The van der Waals surface area contributed by atoms with E-state index in [1.54, 1.807) is 13.2 Å². The summed E-state index contributed by atoms with van der Waals surface area (Å²) in [5.74, 6) is 0.576. The van der Waals surface area contributed by atoms with E-state index in [0.717, 1.165) is 12.0 Å². The Labute approximate surface area is 112 Å². The van der Waals surface area contributed by atoms with Crippen molar-refractivity contribution in [3.05, 3.63) is 23.3 Å². The van der Waals surface area contributed by atoms with Crippen LogP contribution >= 0.6 is 0 Å². The van der Waals surface area contributed by atoms with Crippen LogP contribution < -0.4 is 14.8 Å². The summed E-state index contributed by atoms with van der Waals surface area (Å²) < 4.78 is 15.8. The topological polar surface area (TPSA) is 56.8 Å². The summed E-state index contributed by atoms with van der Waals surface area (Å²) in [6.45, 7) is 4.12. The van der Waals surface area contributed by atoms with Gasteiger partial charge in [-0.15, -0.1) is 0 Å². The van der Waals surface area contributed by atoms with Crippen LogP contribution in [-0.2, 0) is 4.74 Å². The summed E-state index contributed by atoms with van der Waals surface area (Å²) in [6.07, 6.45) is 0.536. The molecule has 1 aliphatic rings. The monoisotopic (exact) mass is 265 g/mol. The number of ether oxygens (including phenoxy) is 3. The zero-order valence-corrected chi connectivity index (χ0v) is 11.6. The minimum absolute atomic E-state index is 0.261. The van der Waals surface area contributed by atoms with Crippen LogP contribution in [0, 0.1) is 0 Å². The van der Waals surface area contributed by atoms with E-state index in [-0.39, 0.29) is 12.0 Å². The molecule has 1 aliphatic heterocycles. The van der Waals surface area contributed by atoms with Crippen molar-refractivity contribution in [1.82, 2.24) is 5.32 Å². The predicted molar refractivity (Wildman–Crippen MR) is 70.6 cm³/mol. The van der Waals surface area contributed by atoms with Crippen molar-refractivity contribution in [1.29, 1.82) is 0 Å². The Balaban J connectivity index is 2.40. The zero-order chi connectivity index (χ0) is 14.0. The lowest BCUT2D eigenvalue weighted by Gasteiger charge is -2.18. The average Bonchev–Trinajstić information content (AvgIpc) is 2.74. The van der Waals surface area contributed by atoms with E-state index in [1.807, 2.05) is 13.0 Å². The molecule has 0 fully saturated rings. The van der Waals surface area contributed by atoms with Crippen LogP contribution in [0.1, 0.15) is 42.4 Å². The molecule has 19 heavy (non-hydrogen) atoms. The maximum Gasteiger partial charge on any atom is 0.344 e. The predicted octanol–water partition coefficient (Wildman–Crippen LogP) is 2.26. The number of carbonyl (C=O) groups is 1. The van der Waals surface area contributed by atoms with Gasteiger partial charge >= 0.3 is 5.97 Å². The molecular weight excluding hydrogens is 246 g/mol. The molecule has 0 aliphatic carbocycles. The third kappa shape index (κ3) is 2.38. The number of fused-ring (bicyclic) bond motifs is 1. The van der Waals surface area contributed by atoms with Crippen LogP contribution in [0.15, 0.2) is 12.1 Å². The highest BCUT2D eigenvalue weighted by Crippen LogP contribution is 2.41. The average molecular weight is 265 g/mol. The summed E-state index contributed by atoms with van der Waals surface area (Å²) in [5, 5.41) is 3.26. The van der Waals surface area contributed by atoms with Gasteiger partial charge in [0.1, 0.15) is 5.56 Å². The fourth-order valence-corrected chi connectivity index (χ4v) is 2.10. The standard InChI is InChI=1S/C14H19NO4/c1-5-8(2)15-13-9-6-7-10(17-3)12(18-4)11(9)14(16)19-13/h6-8,13,15H,5H2,1-4H3/t8-,13+/m0/s1. The lowest BCUT2D eigenvalue weighted by atomic mass is 10.1. The molecule has 1 heterocycles. The first-order chi connectivity index (χ1) is 9.12. The largest absolute Gasteiger partial charge is 0.493 e. The summed E-state index contributed by atoms with van der Waals surface area (Å²) in [6, 6.07) is 3.88. The third-order valence-corrected chi connectivity index (χ3v) is 3.34. The van der Waals surface area contributed by atoms with Gasteiger partial charge in [0.25, 0.3) is 0 Å². The zero-order valence-electron chi connectivity index (χ0n) is 11.6.